The van der Waals surface area contributed by atoms with Gasteiger partial charge in [-0.1, -0.05) is 0 Å². The Morgan fingerprint density at radius 3 is 2.60 bits per heavy atom. The van der Waals surface area contributed by atoms with Gasteiger partial charge >= 0.3 is 0 Å². The van der Waals surface area contributed by atoms with Crippen LogP contribution in [0.2, 0.25) is 0 Å². The molecule has 0 spiro atoms. The molecule has 0 aliphatic heterocycles. The molecule has 1 aromatic rings. The van der Waals surface area contributed by atoms with E-state index in [1.807, 2.05) is 18.0 Å². The lowest BCUT2D eigenvalue weighted by molar-refractivity contribution is 0.0657. The Morgan fingerprint density at radius 1 is 1.53 bits per heavy atom. The summed E-state index contributed by atoms with van der Waals surface area (Å²) in [5, 5.41) is 0. The van der Waals surface area contributed by atoms with Crippen LogP contribution in [0.25, 0.3) is 0 Å². The topological polar surface area (TPSA) is 20.3 Å². The molecule has 0 N–H and O–H groups in total. The van der Waals surface area contributed by atoms with Crippen LogP contribution in [0.15, 0.2) is 14.3 Å². The molecule has 1 aromatic heterocycles. The summed E-state index contributed by atoms with van der Waals surface area (Å²) in [6.07, 6.45) is 3.55. The predicted molar refractivity (Wildman–Crippen MR) is 69.5 cm³/mol. The molecule has 15 heavy (non-hydrogen) atoms. The number of carbonyl (C=O) groups excluding carboxylic acids is 1. The zero-order chi connectivity index (χ0) is 11.0. The average molecular weight is 353 g/mol. The Kier molecular flexibility index (Phi) is 3.52. The van der Waals surface area contributed by atoms with Gasteiger partial charge in [-0.15, -0.1) is 11.3 Å². The molecule has 82 valence electrons. The van der Waals surface area contributed by atoms with Crippen molar-refractivity contribution < 1.29 is 4.79 Å². The van der Waals surface area contributed by atoms with Gasteiger partial charge in [-0.2, -0.15) is 0 Å². The van der Waals surface area contributed by atoms with E-state index in [9.17, 15) is 4.79 Å². The summed E-state index contributed by atoms with van der Waals surface area (Å²) < 4.78 is 1.94. The Morgan fingerprint density at radius 2 is 2.20 bits per heavy atom. The maximum atomic E-state index is 12.0. The Labute approximate surface area is 110 Å². The van der Waals surface area contributed by atoms with Gasteiger partial charge in [0.05, 0.1) is 8.66 Å². The van der Waals surface area contributed by atoms with Crippen LogP contribution in [0.1, 0.15) is 28.9 Å². The van der Waals surface area contributed by atoms with Gasteiger partial charge in [0.15, 0.2) is 0 Å². The fraction of sp³-hybridized carbons (Fsp3) is 0.500. The van der Waals surface area contributed by atoms with E-state index in [0.717, 1.165) is 26.0 Å². The number of halogens is 2. The molecule has 0 aromatic carbocycles. The fourth-order valence-corrected chi connectivity index (χ4v) is 3.58. The minimum absolute atomic E-state index is 0.135. The van der Waals surface area contributed by atoms with E-state index in [4.69, 9.17) is 0 Å². The summed E-state index contributed by atoms with van der Waals surface area (Å²) in [5.74, 6) is 0.135. The number of amides is 1. The molecule has 5 heteroatoms. The second kappa shape index (κ2) is 4.55. The molecule has 2 rings (SSSR count). The van der Waals surface area contributed by atoms with Crippen molar-refractivity contribution in [3.8, 4) is 0 Å². The van der Waals surface area contributed by atoms with Crippen LogP contribution in [0, 0.1) is 0 Å². The molecule has 0 unspecified atom stereocenters. The van der Waals surface area contributed by atoms with Crippen LogP contribution < -0.4 is 0 Å². The second-order valence-corrected chi connectivity index (χ2v) is 6.96. The molecule has 1 fully saturated rings. The van der Waals surface area contributed by atoms with E-state index in [1.54, 1.807) is 0 Å². The van der Waals surface area contributed by atoms with Gasteiger partial charge in [0.1, 0.15) is 0 Å². The van der Waals surface area contributed by atoms with Gasteiger partial charge in [-0.3, -0.25) is 4.79 Å². The zero-order valence-corrected chi connectivity index (χ0v) is 12.3. The normalized spacial score (nSPS) is 16.2. The predicted octanol–water partition coefficient (Wildman–Crippen LogP) is 3.90. The van der Waals surface area contributed by atoms with Gasteiger partial charge in [0.25, 0.3) is 5.91 Å². The van der Waals surface area contributed by atoms with Crippen LogP contribution in [0.3, 0.4) is 0 Å². The number of thiophene rings is 1. The third kappa shape index (κ3) is 2.29. The maximum Gasteiger partial charge on any atom is 0.263 e. The van der Waals surface area contributed by atoms with E-state index in [2.05, 4.69) is 31.9 Å². The SMILES string of the molecule is CN(C(=O)c1cc(Br)c(Br)s1)C1CCC1. The first kappa shape index (κ1) is 11.6. The second-order valence-electron chi connectivity index (χ2n) is 3.73. The Hall–Kier alpha value is 0.130. The monoisotopic (exact) mass is 351 g/mol. The number of hydrogen-bond donors (Lipinski definition) is 0. The molecule has 1 saturated carbocycles. The highest BCUT2D eigenvalue weighted by Crippen LogP contribution is 2.34. The molecular formula is C10H11Br2NOS. The minimum atomic E-state index is 0.135. The van der Waals surface area contributed by atoms with Crippen molar-refractivity contribution in [1.82, 2.24) is 4.90 Å². The molecule has 1 aliphatic carbocycles. The lowest BCUT2D eigenvalue weighted by Gasteiger charge is -2.34. The molecule has 1 aliphatic rings. The van der Waals surface area contributed by atoms with Crippen molar-refractivity contribution in [2.24, 2.45) is 0 Å². The lowest BCUT2D eigenvalue weighted by Crippen LogP contribution is -2.40. The summed E-state index contributed by atoms with van der Waals surface area (Å²) in [7, 11) is 1.90. The van der Waals surface area contributed by atoms with Crippen molar-refractivity contribution in [1.29, 1.82) is 0 Å². The first-order valence-electron chi connectivity index (χ1n) is 4.81. The quantitative estimate of drug-likeness (QED) is 0.790. The summed E-state index contributed by atoms with van der Waals surface area (Å²) in [6, 6.07) is 2.34. The van der Waals surface area contributed by atoms with Gasteiger partial charge in [-0.25, -0.2) is 0 Å². The average Bonchev–Trinajstić information content (AvgIpc) is 2.43. The van der Waals surface area contributed by atoms with Crippen LogP contribution >= 0.6 is 43.2 Å². The fourth-order valence-electron chi connectivity index (χ4n) is 1.57. The van der Waals surface area contributed by atoms with E-state index in [-0.39, 0.29) is 5.91 Å². The highest BCUT2D eigenvalue weighted by molar-refractivity contribution is 9.13. The van der Waals surface area contributed by atoms with E-state index >= 15 is 0 Å². The number of nitrogens with zero attached hydrogens (tertiary/aromatic N) is 1. The van der Waals surface area contributed by atoms with Crippen molar-refractivity contribution >= 4 is 49.1 Å². The van der Waals surface area contributed by atoms with Crippen LogP contribution in [0.4, 0.5) is 0 Å². The van der Waals surface area contributed by atoms with Gasteiger partial charge in [-0.05, 0) is 57.2 Å². The van der Waals surface area contributed by atoms with E-state index < -0.39 is 0 Å². The highest BCUT2D eigenvalue weighted by atomic mass is 79.9. The molecule has 0 bridgehead atoms. The molecule has 0 atom stereocenters. The number of hydrogen-bond acceptors (Lipinski definition) is 2. The summed E-state index contributed by atoms with van der Waals surface area (Å²) in [6.45, 7) is 0. The number of carbonyl (C=O) groups is 1. The Balaban J connectivity index is 2.12. The van der Waals surface area contributed by atoms with Crippen molar-refractivity contribution in [2.75, 3.05) is 7.05 Å². The molecule has 0 radical (unpaired) electrons. The van der Waals surface area contributed by atoms with Gasteiger partial charge < -0.3 is 4.90 Å². The third-order valence-electron chi connectivity index (χ3n) is 2.80. The number of rotatable bonds is 2. The molecule has 0 saturated heterocycles. The molecule has 2 nitrogen and oxygen atoms in total. The van der Waals surface area contributed by atoms with Crippen molar-refractivity contribution in [2.45, 2.75) is 25.3 Å². The molecule has 1 amide bonds. The minimum Gasteiger partial charge on any atom is -0.338 e. The summed E-state index contributed by atoms with van der Waals surface area (Å²) in [4.78, 5) is 14.7. The smallest absolute Gasteiger partial charge is 0.263 e. The first-order valence-corrected chi connectivity index (χ1v) is 7.22. The third-order valence-corrected chi connectivity index (χ3v) is 6.04. The van der Waals surface area contributed by atoms with Crippen LogP contribution in [-0.2, 0) is 0 Å². The van der Waals surface area contributed by atoms with Gasteiger partial charge in [0.2, 0.25) is 0 Å². The maximum absolute atomic E-state index is 12.0. The zero-order valence-electron chi connectivity index (χ0n) is 8.30. The van der Waals surface area contributed by atoms with E-state index in [0.29, 0.717) is 6.04 Å². The van der Waals surface area contributed by atoms with Crippen molar-refractivity contribution in [3.63, 3.8) is 0 Å². The lowest BCUT2D eigenvalue weighted by atomic mass is 9.92. The van der Waals surface area contributed by atoms with Crippen LogP contribution in [-0.4, -0.2) is 23.9 Å². The molecular weight excluding hydrogens is 342 g/mol. The summed E-state index contributed by atoms with van der Waals surface area (Å²) in [5.41, 5.74) is 0. The first-order chi connectivity index (χ1) is 7.09. The largest absolute Gasteiger partial charge is 0.338 e. The van der Waals surface area contributed by atoms with Gasteiger partial charge in [0, 0.05) is 17.6 Å². The summed E-state index contributed by atoms with van der Waals surface area (Å²) >= 11 is 8.28. The van der Waals surface area contributed by atoms with Crippen LogP contribution in [0.5, 0.6) is 0 Å². The Bertz CT molecular complexity index is 367. The standard InChI is InChI=1S/C10H11Br2NOS/c1-13(6-3-2-4-6)10(14)8-5-7(11)9(12)15-8/h5-6H,2-4H2,1H3. The highest BCUT2D eigenvalue weighted by Gasteiger charge is 2.27. The van der Waals surface area contributed by atoms with E-state index in [1.165, 1.54) is 17.8 Å². The van der Waals surface area contributed by atoms with Crippen molar-refractivity contribution in [3.05, 3.63) is 19.2 Å². The molecule has 1 heterocycles.